The zero-order valence-electron chi connectivity index (χ0n) is 11.1. The van der Waals surface area contributed by atoms with Crippen molar-refractivity contribution in [3.63, 3.8) is 0 Å². The third kappa shape index (κ3) is 3.05. The van der Waals surface area contributed by atoms with Crippen molar-refractivity contribution < 1.29 is 0 Å². The van der Waals surface area contributed by atoms with Gasteiger partial charge in [-0.25, -0.2) is 4.68 Å². The number of halogens is 1. The van der Waals surface area contributed by atoms with Crippen molar-refractivity contribution in [2.75, 3.05) is 5.32 Å². The average Bonchev–Trinajstić information content (AvgIpc) is 2.48. The quantitative estimate of drug-likeness (QED) is 0.860. The summed E-state index contributed by atoms with van der Waals surface area (Å²) in [7, 11) is 0. The summed E-state index contributed by atoms with van der Waals surface area (Å²) < 4.78 is 1.26. The molecule has 20 heavy (non-hydrogen) atoms. The van der Waals surface area contributed by atoms with Crippen LogP contribution in [0.2, 0.25) is 5.02 Å². The molecular weight excluding hydrogens is 276 g/mol. The van der Waals surface area contributed by atoms with Crippen LogP contribution in [-0.4, -0.2) is 14.8 Å². The van der Waals surface area contributed by atoms with Crippen molar-refractivity contribution in [3.05, 3.63) is 64.3 Å². The molecule has 2 rings (SSSR count). The van der Waals surface area contributed by atoms with E-state index in [1.165, 1.54) is 4.68 Å². The lowest BCUT2D eigenvalue weighted by atomic mass is 10.1. The Morgan fingerprint density at radius 2 is 2.20 bits per heavy atom. The van der Waals surface area contributed by atoms with Gasteiger partial charge in [0.15, 0.2) is 0 Å². The third-order valence-corrected chi connectivity index (χ3v) is 3.23. The SMILES string of the molecule is C=CCn1ncc(NC(C)c2ccncc2)c(Cl)c1=O. The van der Waals surface area contributed by atoms with Crippen LogP contribution in [0.1, 0.15) is 18.5 Å². The van der Waals surface area contributed by atoms with Crippen LogP contribution in [-0.2, 0) is 6.54 Å². The Kier molecular flexibility index (Phi) is 4.53. The molecule has 0 saturated heterocycles. The van der Waals surface area contributed by atoms with E-state index < -0.39 is 0 Å². The lowest BCUT2D eigenvalue weighted by Gasteiger charge is -2.16. The van der Waals surface area contributed by atoms with Gasteiger partial charge >= 0.3 is 0 Å². The summed E-state index contributed by atoms with van der Waals surface area (Å²) in [6, 6.07) is 3.79. The topological polar surface area (TPSA) is 59.8 Å². The van der Waals surface area contributed by atoms with Crippen molar-refractivity contribution in [2.24, 2.45) is 0 Å². The second-order valence-corrected chi connectivity index (χ2v) is 4.67. The minimum atomic E-state index is -0.335. The van der Waals surface area contributed by atoms with Gasteiger partial charge in [-0.05, 0) is 24.6 Å². The van der Waals surface area contributed by atoms with Gasteiger partial charge in [0, 0.05) is 18.4 Å². The van der Waals surface area contributed by atoms with E-state index in [4.69, 9.17) is 11.6 Å². The number of nitrogens with one attached hydrogen (secondary N) is 1. The number of hydrogen-bond donors (Lipinski definition) is 1. The minimum absolute atomic E-state index is 0.00745. The molecule has 0 bridgehead atoms. The van der Waals surface area contributed by atoms with E-state index in [1.807, 2.05) is 19.1 Å². The molecule has 0 amide bonds. The molecule has 0 radical (unpaired) electrons. The number of aromatic nitrogens is 3. The fourth-order valence-corrected chi connectivity index (χ4v) is 1.99. The minimum Gasteiger partial charge on any atom is -0.376 e. The van der Waals surface area contributed by atoms with Gasteiger partial charge in [0.2, 0.25) is 0 Å². The molecule has 2 heterocycles. The molecule has 1 unspecified atom stereocenters. The monoisotopic (exact) mass is 290 g/mol. The second-order valence-electron chi connectivity index (χ2n) is 4.29. The Labute approximate surface area is 121 Å². The van der Waals surface area contributed by atoms with Crippen LogP contribution < -0.4 is 10.9 Å². The van der Waals surface area contributed by atoms with Crippen molar-refractivity contribution in [2.45, 2.75) is 19.5 Å². The molecule has 6 heteroatoms. The van der Waals surface area contributed by atoms with E-state index in [-0.39, 0.29) is 16.6 Å². The molecule has 0 aliphatic heterocycles. The number of pyridine rings is 1. The maximum Gasteiger partial charge on any atom is 0.287 e. The van der Waals surface area contributed by atoms with Crippen molar-refractivity contribution in [1.29, 1.82) is 0 Å². The van der Waals surface area contributed by atoms with Gasteiger partial charge < -0.3 is 5.32 Å². The first-order valence-corrected chi connectivity index (χ1v) is 6.54. The molecule has 0 aromatic carbocycles. The van der Waals surface area contributed by atoms with Crippen molar-refractivity contribution >= 4 is 17.3 Å². The van der Waals surface area contributed by atoms with Gasteiger partial charge in [-0.2, -0.15) is 5.10 Å². The molecule has 0 fully saturated rings. The summed E-state index contributed by atoms with van der Waals surface area (Å²) in [5.74, 6) is 0. The van der Waals surface area contributed by atoms with Gasteiger partial charge in [-0.15, -0.1) is 6.58 Å². The maximum atomic E-state index is 12.0. The van der Waals surface area contributed by atoms with E-state index in [2.05, 4.69) is 22.0 Å². The molecule has 0 saturated carbocycles. The third-order valence-electron chi connectivity index (χ3n) is 2.87. The van der Waals surface area contributed by atoms with Gasteiger partial charge in [-0.1, -0.05) is 17.7 Å². The van der Waals surface area contributed by atoms with Crippen LogP contribution in [0, 0.1) is 0 Å². The summed E-state index contributed by atoms with van der Waals surface area (Å²) in [6.45, 7) is 5.88. The molecule has 1 atom stereocenters. The van der Waals surface area contributed by atoms with Crippen molar-refractivity contribution in [1.82, 2.24) is 14.8 Å². The Balaban J connectivity index is 2.24. The number of allylic oxidation sites excluding steroid dienone is 1. The molecule has 0 spiro atoms. The van der Waals surface area contributed by atoms with Crippen LogP contribution in [0.4, 0.5) is 5.69 Å². The Morgan fingerprint density at radius 1 is 1.50 bits per heavy atom. The van der Waals surface area contributed by atoms with E-state index >= 15 is 0 Å². The van der Waals surface area contributed by atoms with E-state index in [1.54, 1.807) is 24.7 Å². The molecule has 2 aromatic rings. The fraction of sp³-hybridized carbons (Fsp3) is 0.214. The van der Waals surface area contributed by atoms with Gasteiger partial charge in [0.05, 0.1) is 18.4 Å². The highest BCUT2D eigenvalue weighted by Gasteiger charge is 2.12. The summed E-state index contributed by atoms with van der Waals surface area (Å²) in [4.78, 5) is 15.9. The molecule has 0 aliphatic rings. The Morgan fingerprint density at radius 3 is 2.85 bits per heavy atom. The molecule has 5 nitrogen and oxygen atoms in total. The summed E-state index contributed by atoms with van der Waals surface area (Å²) in [5.41, 5.74) is 1.23. The van der Waals surface area contributed by atoms with E-state index in [9.17, 15) is 4.79 Å². The smallest absolute Gasteiger partial charge is 0.287 e. The van der Waals surface area contributed by atoms with Crippen molar-refractivity contribution in [3.8, 4) is 0 Å². The molecule has 2 aromatic heterocycles. The number of nitrogens with zero attached hydrogens (tertiary/aromatic N) is 3. The molecule has 0 aliphatic carbocycles. The van der Waals surface area contributed by atoms with Crippen LogP contribution in [0.3, 0.4) is 0 Å². The molecular formula is C14H15ClN4O. The largest absolute Gasteiger partial charge is 0.376 e. The van der Waals surface area contributed by atoms with Crippen LogP contribution >= 0.6 is 11.6 Å². The Bertz CT molecular complexity index is 654. The predicted octanol–water partition coefficient (Wildman–Crippen LogP) is 2.65. The first-order valence-electron chi connectivity index (χ1n) is 6.16. The van der Waals surface area contributed by atoms with Crippen LogP contribution in [0.15, 0.2) is 48.2 Å². The predicted molar refractivity (Wildman–Crippen MR) is 80.0 cm³/mol. The summed E-state index contributed by atoms with van der Waals surface area (Å²) in [6.07, 6.45) is 6.58. The van der Waals surface area contributed by atoms with Gasteiger partial charge in [-0.3, -0.25) is 9.78 Å². The lowest BCUT2D eigenvalue weighted by Crippen LogP contribution is -2.24. The van der Waals surface area contributed by atoms with E-state index in [0.717, 1.165) is 5.56 Å². The summed E-state index contributed by atoms with van der Waals surface area (Å²) in [5, 5.41) is 7.35. The first-order chi connectivity index (χ1) is 9.63. The number of rotatable bonds is 5. The molecule has 1 N–H and O–H groups in total. The maximum absolute atomic E-state index is 12.0. The zero-order valence-corrected chi connectivity index (χ0v) is 11.8. The van der Waals surface area contributed by atoms with Crippen LogP contribution in [0.5, 0.6) is 0 Å². The molecule has 104 valence electrons. The standard InChI is InChI=1S/C14H15ClN4O/c1-3-8-19-14(20)13(15)12(9-17-19)18-10(2)11-4-6-16-7-5-11/h3-7,9-10,18H,1,8H2,2H3. The highest BCUT2D eigenvalue weighted by atomic mass is 35.5. The fourth-order valence-electron chi connectivity index (χ4n) is 1.79. The summed E-state index contributed by atoms with van der Waals surface area (Å²) >= 11 is 6.08. The van der Waals surface area contributed by atoms with Gasteiger partial charge in [0.25, 0.3) is 5.56 Å². The average molecular weight is 291 g/mol. The Hall–Kier alpha value is -2.14. The zero-order chi connectivity index (χ0) is 14.5. The van der Waals surface area contributed by atoms with E-state index in [0.29, 0.717) is 12.2 Å². The highest BCUT2D eigenvalue weighted by molar-refractivity contribution is 6.32. The number of anilines is 1. The normalized spacial score (nSPS) is 11.9. The first kappa shape index (κ1) is 14.3. The highest BCUT2D eigenvalue weighted by Crippen LogP contribution is 2.22. The lowest BCUT2D eigenvalue weighted by molar-refractivity contribution is 0.652. The van der Waals surface area contributed by atoms with Gasteiger partial charge in [0.1, 0.15) is 5.02 Å². The number of hydrogen-bond acceptors (Lipinski definition) is 4. The van der Waals surface area contributed by atoms with Crippen LogP contribution in [0.25, 0.3) is 0 Å². The second kappa shape index (κ2) is 6.34.